The van der Waals surface area contributed by atoms with Crippen LogP contribution in [0.15, 0.2) is 0 Å². The van der Waals surface area contributed by atoms with E-state index in [1.54, 1.807) is 0 Å². The molecule has 2 N–H and O–H groups in total. The van der Waals surface area contributed by atoms with Gasteiger partial charge < -0.3 is 10.5 Å². The van der Waals surface area contributed by atoms with Crippen molar-refractivity contribution in [1.29, 1.82) is 0 Å². The van der Waals surface area contributed by atoms with Gasteiger partial charge in [-0.15, -0.1) is 0 Å². The molecule has 0 spiro atoms. The molecule has 0 aliphatic carbocycles. The second-order valence-electron chi connectivity index (χ2n) is 5.31. The van der Waals surface area contributed by atoms with Crippen LogP contribution in [0, 0.1) is 11.3 Å². The summed E-state index contributed by atoms with van der Waals surface area (Å²) in [4.78, 5) is 0. The number of nitrogens with two attached hydrogens (primary N) is 1. The second kappa shape index (κ2) is 4.43. The van der Waals surface area contributed by atoms with E-state index >= 15 is 0 Å². The Labute approximate surface area is 81.8 Å². The van der Waals surface area contributed by atoms with Crippen LogP contribution >= 0.6 is 0 Å². The van der Waals surface area contributed by atoms with Gasteiger partial charge in [0.1, 0.15) is 0 Å². The Morgan fingerprint density at radius 2 is 2.08 bits per heavy atom. The van der Waals surface area contributed by atoms with Crippen LogP contribution in [0.2, 0.25) is 0 Å². The number of rotatable bonds is 2. The van der Waals surface area contributed by atoms with Gasteiger partial charge in [0, 0.05) is 6.61 Å². The lowest BCUT2D eigenvalue weighted by atomic mass is 9.82. The van der Waals surface area contributed by atoms with Gasteiger partial charge >= 0.3 is 0 Å². The van der Waals surface area contributed by atoms with Gasteiger partial charge in [-0.2, -0.15) is 0 Å². The van der Waals surface area contributed by atoms with Gasteiger partial charge in [-0.1, -0.05) is 20.8 Å². The summed E-state index contributed by atoms with van der Waals surface area (Å²) in [5, 5.41) is 0. The number of hydrogen-bond acceptors (Lipinski definition) is 2. The smallest absolute Gasteiger partial charge is 0.0620 e. The van der Waals surface area contributed by atoms with Gasteiger partial charge in [0.25, 0.3) is 0 Å². The molecular weight excluding hydrogens is 162 g/mol. The summed E-state index contributed by atoms with van der Waals surface area (Å²) in [5.74, 6) is 0.591. The topological polar surface area (TPSA) is 35.2 Å². The maximum absolute atomic E-state index is 5.78. The first-order valence-corrected chi connectivity index (χ1v) is 5.34. The van der Waals surface area contributed by atoms with Crippen LogP contribution in [0.3, 0.4) is 0 Å². The summed E-state index contributed by atoms with van der Waals surface area (Å²) in [5.41, 5.74) is 6.09. The van der Waals surface area contributed by atoms with Crippen molar-refractivity contribution in [2.75, 3.05) is 13.2 Å². The second-order valence-corrected chi connectivity index (χ2v) is 5.31. The summed E-state index contributed by atoms with van der Waals surface area (Å²) in [6, 6.07) is 0. The highest BCUT2D eigenvalue weighted by atomic mass is 16.5. The number of ether oxygens (including phenoxy) is 1. The lowest BCUT2D eigenvalue weighted by molar-refractivity contribution is -0.0436. The Morgan fingerprint density at radius 1 is 1.38 bits per heavy atom. The van der Waals surface area contributed by atoms with Gasteiger partial charge in [-0.05, 0) is 37.1 Å². The van der Waals surface area contributed by atoms with E-state index in [0.29, 0.717) is 17.4 Å². The maximum Gasteiger partial charge on any atom is 0.0620 e. The molecule has 2 atom stereocenters. The van der Waals surface area contributed by atoms with E-state index in [9.17, 15) is 0 Å². The van der Waals surface area contributed by atoms with Gasteiger partial charge in [-0.25, -0.2) is 0 Å². The molecule has 78 valence electrons. The third kappa shape index (κ3) is 3.65. The molecule has 0 amide bonds. The van der Waals surface area contributed by atoms with E-state index in [1.165, 1.54) is 12.8 Å². The molecule has 0 aromatic rings. The first kappa shape index (κ1) is 11.0. The molecule has 1 rings (SSSR count). The summed E-state index contributed by atoms with van der Waals surface area (Å²) < 4.78 is 5.78. The Hall–Kier alpha value is -0.0800. The van der Waals surface area contributed by atoms with Gasteiger partial charge in [0.2, 0.25) is 0 Å². The zero-order valence-corrected chi connectivity index (χ0v) is 9.18. The minimum Gasteiger partial charge on any atom is -0.378 e. The van der Waals surface area contributed by atoms with E-state index in [1.807, 2.05) is 0 Å². The normalized spacial score (nSPS) is 30.5. The third-order valence-electron chi connectivity index (χ3n) is 2.69. The molecule has 2 nitrogen and oxygen atoms in total. The standard InChI is InChI=1S/C11H23NO/c1-11(2,3)7-10-9(8-12)5-4-6-13-10/h9-10H,4-8,12H2,1-3H3. The molecular formula is C11H23NO. The van der Waals surface area contributed by atoms with Crippen molar-refractivity contribution in [1.82, 2.24) is 0 Å². The van der Waals surface area contributed by atoms with E-state index in [-0.39, 0.29) is 0 Å². The Balaban J connectivity index is 2.45. The molecule has 13 heavy (non-hydrogen) atoms. The zero-order chi connectivity index (χ0) is 9.90. The van der Waals surface area contributed by atoms with Crippen LogP contribution in [-0.4, -0.2) is 19.3 Å². The van der Waals surface area contributed by atoms with Crippen molar-refractivity contribution in [2.45, 2.75) is 46.1 Å². The molecule has 1 heterocycles. The lowest BCUT2D eigenvalue weighted by Gasteiger charge is -2.35. The minimum absolute atomic E-state index is 0.357. The van der Waals surface area contributed by atoms with Crippen LogP contribution in [-0.2, 0) is 4.74 Å². The molecule has 0 aromatic heterocycles. The highest BCUT2D eigenvalue weighted by Crippen LogP contribution is 2.30. The average Bonchev–Trinajstić information content (AvgIpc) is 2.02. The number of hydrogen-bond donors (Lipinski definition) is 1. The first-order valence-electron chi connectivity index (χ1n) is 5.34. The van der Waals surface area contributed by atoms with Crippen molar-refractivity contribution in [3.05, 3.63) is 0 Å². The monoisotopic (exact) mass is 185 g/mol. The SMILES string of the molecule is CC(C)(C)CC1OCCCC1CN. The summed E-state index contributed by atoms with van der Waals surface area (Å²) in [7, 11) is 0. The van der Waals surface area contributed by atoms with Gasteiger partial charge in [0.15, 0.2) is 0 Å². The highest BCUT2D eigenvalue weighted by molar-refractivity contribution is 4.79. The molecule has 2 unspecified atom stereocenters. The van der Waals surface area contributed by atoms with Crippen molar-refractivity contribution >= 4 is 0 Å². The molecule has 1 aliphatic rings. The fourth-order valence-corrected chi connectivity index (χ4v) is 2.00. The summed E-state index contributed by atoms with van der Waals surface area (Å²) in [6.07, 6.45) is 3.97. The average molecular weight is 185 g/mol. The maximum atomic E-state index is 5.78. The van der Waals surface area contributed by atoms with Crippen molar-refractivity contribution in [2.24, 2.45) is 17.1 Å². The molecule has 1 fully saturated rings. The van der Waals surface area contributed by atoms with E-state index in [2.05, 4.69) is 20.8 Å². The quantitative estimate of drug-likeness (QED) is 0.715. The summed E-state index contributed by atoms with van der Waals surface area (Å²) in [6.45, 7) is 8.49. The third-order valence-corrected chi connectivity index (χ3v) is 2.69. The summed E-state index contributed by atoms with van der Waals surface area (Å²) >= 11 is 0. The Bertz CT molecular complexity index is 151. The molecule has 0 saturated carbocycles. The molecule has 1 saturated heterocycles. The van der Waals surface area contributed by atoms with Crippen molar-refractivity contribution < 1.29 is 4.74 Å². The molecule has 1 aliphatic heterocycles. The Morgan fingerprint density at radius 3 is 2.62 bits per heavy atom. The van der Waals surface area contributed by atoms with Crippen LogP contribution < -0.4 is 5.73 Å². The van der Waals surface area contributed by atoms with Crippen LogP contribution in [0.1, 0.15) is 40.0 Å². The fourth-order valence-electron chi connectivity index (χ4n) is 2.00. The molecule has 0 aromatic carbocycles. The van der Waals surface area contributed by atoms with Gasteiger partial charge in [-0.3, -0.25) is 0 Å². The predicted molar refractivity (Wildman–Crippen MR) is 55.6 cm³/mol. The fraction of sp³-hybridized carbons (Fsp3) is 1.00. The molecule has 2 heteroatoms. The zero-order valence-electron chi connectivity index (χ0n) is 9.18. The largest absolute Gasteiger partial charge is 0.378 e. The van der Waals surface area contributed by atoms with E-state index < -0.39 is 0 Å². The minimum atomic E-state index is 0.357. The lowest BCUT2D eigenvalue weighted by Crippen LogP contribution is -2.37. The van der Waals surface area contributed by atoms with E-state index in [4.69, 9.17) is 10.5 Å². The molecule has 0 radical (unpaired) electrons. The highest BCUT2D eigenvalue weighted by Gasteiger charge is 2.28. The van der Waals surface area contributed by atoms with Gasteiger partial charge in [0.05, 0.1) is 6.10 Å². The molecule has 0 bridgehead atoms. The van der Waals surface area contributed by atoms with Crippen LogP contribution in [0.25, 0.3) is 0 Å². The first-order chi connectivity index (χ1) is 6.03. The van der Waals surface area contributed by atoms with Crippen LogP contribution in [0.5, 0.6) is 0 Å². The predicted octanol–water partition coefficient (Wildman–Crippen LogP) is 2.18. The Kier molecular flexibility index (Phi) is 3.74. The van der Waals surface area contributed by atoms with E-state index in [0.717, 1.165) is 19.6 Å². The van der Waals surface area contributed by atoms with Crippen molar-refractivity contribution in [3.63, 3.8) is 0 Å². The van der Waals surface area contributed by atoms with Crippen LogP contribution in [0.4, 0.5) is 0 Å². The van der Waals surface area contributed by atoms with Crippen molar-refractivity contribution in [3.8, 4) is 0 Å².